The van der Waals surface area contributed by atoms with Crippen LogP contribution in [0.5, 0.6) is 0 Å². The molecule has 0 spiro atoms. The van der Waals surface area contributed by atoms with E-state index in [1.165, 1.54) is 6.42 Å². The zero-order chi connectivity index (χ0) is 13.4. The van der Waals surface area contributed by atoms with Crippen LogP contribution in [0.15, 0.2) is 12.7 Å². The summed E-state index contributed by atoms with van der Waals surface area (Å²) < 4.78 is 5.98. The smallest absolute Gasteiger partial charge is 0.0855 e. The van der Waals surface area contributed by atoms with Gasteiger partial charge in [-0.15, -0.1) is 6.58 Å². The summed E-state index contributed by atoms with van der Waals surface area (Å²) in [5.74, 6) is 0. The van der Waals surface area contributed by atoms with E-state index in [-0.39, 0.29) is 0 Å². The molecule has 0 aromatic carbocycles. The van der Waals surface area contributed by atoms with Crippen LogP contribution in [-0.2, 0) is 4.74 Å². The Hall–Kier alpha value is -0.380. The lowest BCUT2D eigenvalue weighted by atomic mass is 10.0. The van der Waals surface area contributed by atoms with Crippen molar-refractivity contribution >= 4 is 0 Å². The molecule has 0 amide bonds. The molecule has 1 heterocycles. The highest BCUT2D eigenvalue weighted by Gasteiger charge is 2.28. The zero-order valence-electron chi connectivity index (χ0n) is 12.3. The quantitative estimate of drug-likeness (QED) is 0.673. The molecule has 106 valence electrons. The number of hydrogen-bond acceptors (Lipinski definition) is 3. The summed E-state index contributed by atoms with van der Waals surface area (Å²) in [4.78, 5) is 2.52. The van der Waals surface area contributed by atoms with Gasteiger partial charge < -0.3 is 10.1 Å². The molecule has 0 aliphatic carbocycles. The van der Waals surface area contributed by atoms with Gasteiger partial charge in [-0.05, 0) is 39.7 Å². The lowest BCUT2D eigenvalue weighted by Crippen LogP contribution is -2.53. The molecule has 0 aromatic heterocycles. The number of morpholine rings is 1. The third-order valence-corrected chi connectivity index (χ3v) is 3.64. The van der Waals surface area contributed by atoms with Gasteiger partial charge >= 0.3 is 0 Å². The Morgan fingerprint density at radius 3 is 2.89 bits per heavy atom. The largest absolute Gasteiger partial charge is 0.374 e. The summed E-state index contributed by atoms with van der Waals surface area (Å²) in [5.41, 5.74) is 0. The van der Waals surface area contributed by atoms with Crippen LogP contribution in [0.1, 0.15) is 40.0 Å². The average Bonchev–Trinajstić information content (AvgIpc) is 2.39. The molecule has 1 saturated heterocycles. The van der Waals surface area contributed by atoms with Crippen LogP contribution in [0.4, 0.5) is 0 Å². The fourth-order valence-corrected chi connectivity index (χ4v) is 2.46. The summed E-state index contributed by atoms with van der Waals surface area (Å²) in [6.07, 6.45) is 5.69. The Balaban J connectivity index is 2.50. The van der Waals surface area contributed by atoms with Crippen molar-refractivity contribution in [1.29, 1.82) is 0 Å². The van der Waals surface area contributed by atoms with Gasteiger partial charge in [0.05, 0.1) is 12.7 Å². The Bertz CT molecular complexity index is 231. The summed E-state index contributed by atoms with van der Waals surface area (Å²) in [6.45, 7) is 14.6. The first-order valence-corrected chi connectivity index (χ1v) is 7.39. The molecule has 1 N–H and O–H groups in total. The van der Waals surface area contributed by atoms with E-state index in [1.54, 1.807) is 0 Å². The first-order valence-electron chi connectivity index (χ1n) is 7.39. The standard InChI is InChI=1S/C15H30N2O/c1-5-7-8-14(16-9-6-2)15-12-17(13(3)4)10-11-18-15/h5,13-16H,1,6-12H2,2-4H3. The normalized spacial score (nSPS) is 23.2. The lowest BCUT2D eigenvalue weighted by Gasteiger charge is -2.39. The summed E-state index contributed by atoms with van der Waals surface area (Å²) >= 11 is 0. The van der Waals surface area contributed by atoms with Gasteiger partial charge in [0.25, 0.3) is 0 Å². The second kappa shape index (κ2) is 8.68. The van der Waals surface area contributed by atoms with Crippen molar-refractivity contribution in [2.24, 2.45) is 0 Å². The van der Waals surface area contributed by atoms with Crippen molar-refractivity contribution in [3.63, 3.8) is 0 Å². The van der Waals surface area contributed by atoms with Crippen LogP contribution >= 0.6 is 0 Å². The number of ether oxygens (including phenoxy) is 1. The van der Waals surface area contributed by atoms with Gasteiger partial charge in [-0.1, -0.05) is 13.0 Å². The molecular weight excluding hydrogens is 224 g/mol. The maximum absolute atomic E-state index is 5.98. The van der Waals surface area contributed by atoms with E-state index in [0.29, 0.717) is 18.2 Å². The molecule has 2 unspecified atom stereocenters. The Morgan fingerprint density at radius 2 is 2.28 bits per heavy atom. The summed E-state index contributed by atoms with van der Waals surface area (Å²) in [6, 6.07) is 1.08. The molecule has 2 atom stereocenters. The Kier molecular flexibility index (Phi) is 7.56. The highest BCUT2D eigenvalue weighted by atomic mass is 16.5. The predicted octanol–water partition coefficient (Wildman–Crippen LogP) is 2.43. The highest BCUT2D eigenvalue weighted by Crippen LogP contribution is 2.15. The van der Waals surface area contributed by atoms with Crippen molar-refractivity contribution < 1.29 is 4.74 Å². The fourth-order valence-electron chi connectivity index (χ4n) is 2.46. The number of hydrogen-bond donors (Lipinski definition) is 1. The van der Waals surface area contributed by atoms with E-state index in [4.69, 9.17) is 4.74 Å². The molecular formula is C15H30N2O. The SMILES string of the molecule is C=CCCC(NCCC)C1CN(C(C)C)CCO1. The maximum atomic E-state index is 5.98. The molecule has 0 saturated carbocycles. The Morgan fingerprint density at radius 1 is 1.50 bits per heavy atom. The van der Waals surface area contributed by atoms with Crippen molar-refractivity contribution in [3.05, 3.63) is 12.7 Å². The summed E-state index contributed by atoms with van der Waals surface area (Å²) in [7, 11) is 0. The molecule has 1 aliphatic heterocycles. The first-order chi connectivity index (χ1) is 8.69. The lowest BCUT2D eigenvalue weighted by molar-refractivity contribution is -0.0563. The van der Waals surface area contributed by atoms with Gasteiger partial charge in [0.2, 0.25) is 0 Å². The van der Waals surface area contributed by atoms with Crippen LogP contribution < -0.4 is 5.32 Å². The molecule has 3 nitrogen and oxygen atoms in total. The average molecular weight is 254 g/mol. The molecule has 3 heteroatoms. The minimum atomic E-state index is 0.327. The molecule has 1 rings (SSSR count). The van der Waals surface area contributed by atoms with Gasteiger partial charge in [-0.25, -0.2) is 0 Å². The summed E-state index contributed by atoms with van der Waals surface area (Å²) in [5, 5.41) is 3.63. The van der Waals surface area contributed by atoms with Gasteiger partial charge in [-0.3, -0.25) is 4.90 Å². The molecule has 0 bridgehead atoms. The van der Waals surface area contributed by atoms with Crippen LogP contribution in [0, 0.1) is 0 Å². The van der Waals surface area contributed by atoms with Gasteiger partial charge in [0.1, 0.15) is 0 Å². The van der Waals surface area contributed by atoms with Gasteiger partial charge in [-0.2, -0.15) is 0 Å². The second-order valence-electron chi connectivity index (χ2n) is 5.42. The van der Waals surface area contributed by atoms with Gasteiger partial charge in [0.15, 0.2) is 0 Å². The molecule has 0 aromatic rings. The van der Waals surface area contributed by atoms with Gasteiger partial charge in [0, 0.05) is 25.2 Å². The van der Waals surface area contributed by atoms with E-state index in [1.807, 2.05) is 6.08 Å². The number of rotatable bonds is 8. The van der Waals surface area contributed by atoms with Crippen LogP contribution in [-0.4, -0.2) is 49.3 Å². The first kappa shape index (κ1) is 15.7. The zero-order valence-corrected chi connectivity index (χ0v) is 12.3. The van der Waals surface area contributed by atoms with Crippen LogP contribution in [0.2, 0.25) is 0 Å². The van der Waals surface area contributed by atoms with Crippen molar-refractivity contribution in [2.45, 2.75) is 58.2 Å². The van der Waals surface area contributed by atoms with E-state index in [0.717, 1.165) is 39.1 Å². The van der Waals surface area contributed by atoms with E-state index in [2.05, 4.69) is 37.6 Å². The molecule has 1 fully saturated rings. The number of nitrogens with zero attached hydrogens (tertiary/aromatic N) is 1. The highest BCUT2D eigenvalue weighted by molar-refractivity contribution is 4.86. The van der Waals surface area contributed by atoms with E-state index < -0.39 is 0 Å². The molecule has 0 radical (unpaired) electrons. The monoisotopic (exact) mass is 254 g/mol. The second-order valence-corrected chi connectivity index (χ2v) is 5.42. The Labute approximate surface area is 113 Å². The maximum Gasteiger partial charge on any atom is 0.0855 e. The third-order valence-electron chi connectivity index (χ3n) is 3.64. The fraction of sp³-hybridized carbons (Fsp3) is 0.867. The molecule has 18 heavy (non-hydrogen) atoms. The van der Waals surface area contributed by atoms with Crippen LogP contribution in [0.3, 0.4) is 0 Å². The van der Waals surface area contributed by atoms with Crippen molar-refractivity contribution in [2.75, 3.05) is 26.2 Å². The topological polar surface area (TPSA) is 24.5 Å². The van der Waals surface area contributed by atoms with E-state index in [9.17, 15) is 0 Å². The minimum Gasteiger partial charge on any atom is -0.374 e. The number of allylic oxidation sites excluding steroid dienone is 1. The predicted molar refractivity (Wildman–Crippen MR) is 78.0 cm³/mol. The minimum absolute atomic E-state index is 0.327. The van der Waals surface area contributed by atoms with Crippen LogP contribution in [0.25, 0.3) is 0 Å². The van der Waals surface area contributed by atoms with Crippen molar-refractivity contribution in [3.8, 4) is 0 Å². The number of nitrogens with one attached hydrogen (secondary N) is 1. The third kappa shape index (κ3) is 5.09. The van der Waals surface area contributed by atoms with E-state index >= 15 is 0 Å². The molecule has 1 aliphatic rings. The van der Waals surface area contributed by atoms with Crippen molar-refractivity contribution in [1.82, 2.24) is 10.2 Å².